The van der Waals surface area contributed by atoms with Crippen LogP contribution in [0.3, 0.4) is 0 Å². The van der Waals surface area contributed by atoms with Crippen LogP contribution in [0.15, 0.2) is 24.3 Å². The molecule has 0 amide bonds. The molecule has 0 atom stereocenters. The Bertz CT molecular complexity index is 1390. The van der Waals surface area contributed by atoms with E-state index in [2.05, 4.69) is 197 Å². The fourth-order valence-corrected chi connectivity index (χ4v) is 60.4. The van der Waals surface area contributed by atoms with Crippen molar-refractivity contribution in [3.8, 4) is 0 Å². The van der Waals surface area contributed by atoms with Crippen LogP contribution in [0.5, 0.6) is 0 Å². The monoisotopic (exact) mass is 908 g/mol. The molecule has 50 heavy (non-hydrogen) atoms. The van der Waals surface area contributed by atoms with E-state index < -0.39 is 60.4 Å². The summed E-state index contributed by atoms with van der Waals surface area (Å²) in [5.74, 6) is 1.57. The van der Waals surface area contributed by atoms with Crippen LogP contribution >= 0.6 is 0 Å². The molecule has 0 aliphatic heterocycles. The number of hydrogen-bond donors (Lipinski definition) is 0. The minimum absolute atomic E-state index is 0.515. The van der Waals surface area contributed by atoms with Crippen LogP contribution in [0, 0.1) is 0 Å². The van der Waals surface area contributed by atoms with Gasteiger partial charge in [0, 0.05) is 0 Å². The van der Waals surface area contributed by atoms with Crippen LogP contribution in [0.2, 0.25) is 118 Å². The Balaban J connectivity index is 3.59. The summed E-state index contributed by atoms with van der Waals surface area (Å²) in [6.45, 7) is 63.3. The molecule has 0 radical (unpaired) electrons. The predicted octanol–water partition coefficient (Wildman–Crippen LogP) is 12.8. The Kier molecular flexibility index (Phi) is 15.1. The second-order valence-corrected chi connectivity index (χ2v) is 65.0. The minimum atomic E-state index is -2.20. The van der Waals surface area contributed by atoms with Gasteiger partial charge in [-0.25, -0.2) is 0 Å². The van der Waals surface area contributed by atoms with Crippen LogP contribution in [-0.4, -0.2) is 73.9 Å². The van der Waals surface area contributed by atoms with Gasteiger partial charge >= 0.3 is 333 Å². The summed E-state index contributed by atoms with van der Waals surface area (Å²) in [7, 11) is -9.50. The molecule has 0 heterocycles. The van der Waals surface area contributed by atoms with Crippen LogP contribution in [0.4, 0.5) is 0 Å². The summed E-state index contributed by atoms with van der Waals surface area (Å²) >= 11 is 2.00. The summed E-state index contributed by atoms with van der Waals surface area (Å²) in [6.07, 6.45) is 0. The van der Waals surface area contributed by atoms with Crippen LogP contribution in [-0.2, 0) is 0 Å². The van der Waals surface area contributed by atoms with Gasteiger partial charge in [0.1, 0.15) is 0 Å². The second-order valence-electron chi connectivity index (χ2n) is 23.4. The van der Waals surface area contributed by atoms with Gasteiger partial charge in [-0.15, -0.1) is 0 Å². The van der Waals surface area contributed by atoms with Gasteiger partial charge in [-0.2, -0.15) is 0 Å². The van der Waals surface area contributed by atoms with E-state index in [-0.39, 0.29) is 0 Å². The van der Waals surface area contributed by atoms with Gasteiger partial charge < -0.3 is 0 Å². The van der Waals surface area contributed by atoms with Crippen molar-refractivity contribution in [3.63, 3.8) is 0 Å². The van der Waals surface area contributed by atoms with E-state index in [1.54, 1.807) is 21.1 Å². The molecule has 0 saturated heterocycles. The third-order valence-corrected chi connectivity index (χ3v) is 47.6. The van der Waals surface area contributed by atoms with E-state index in [0.717, 1.165) is 15.5 Å². The standard InChI is InChI=1S/C42H82GeSeSi6/c1-29(2)32-25-34(30(3)4)38(35(26-32)31(5)6)43(44)39-36(41(47(13,14)15)48(16,17)18)27-33(40(45(7,8)9)46(10,11)12)28-37(39)42(49(19,20)21)50(22,23)24/h25-31,40-42H,1-24H3. The Morgan fingerprint density at radius 3 is 0.820 bits per heavy atom. The molecular weight excluding hydrogens is 825 g/mol. The van der Waals surface area contributed by atoms with E-state index >= 15 is 0 Å². The zero-order chi connectivity index (χ0) is 39.5. The molecule has 0 spiro atoms. The summed E-state index contributed by atoms with van der Waals surface area (Å²) in [5.41, 5.74) is 10.3. The molecule has 0 bridgehead atoms. The third-order valence-electron chi connectivity index (χ3n) is 11.0. The maximum atomic E-state index is 4.20. The molecule has 284 valence electrons. The zero-order valence-electron chi connectivity index (χ0n) is 37.7. The van der Waals surface area contributed by atoms with E-state index in [1.807, 2.05) is 15.5 Å². The van der Waals surface area contributed by atoms with Crippen LogP contribution in [0.1, 0.15) is 108 Å². The van der Waals surface area contributed by atoms with Gasteiger partial charge in [0.05, 0.1) is 0 Å². The first-order valence-electron chi connectivity index (χ1n) is 19.9. The van der Waals surface area contributed by atoms with Crippen molar-refractivity contribution in [1.82, 2.24) is 0 Å². The fraction of sp³-hybridized carbons (Fsp3) is 0.714. The number of rotatable bonds is 14. The molecule has 2 rings (SSSR count). The fourth-order valence-electron chi connectivity index (χ4n) is 10.7. The number of benzene rings is 2. The average molecular weight is 907 g/mol. The topological polar surface area (TPSA) is 0 Å². The Labute approximate surface area is 330 Å². The van der Waals surface area contributed by atoms with Crippen molar-refractivity contribution in [2.24, 2.45) is 0 Å². The maximum absolute atomic E-state index is 4.20. The van der Waals surface area contributed by atoms with Gasteiger partial charge in [-0.1, -0.05) is 0 Å². The van der Waals surface area contributed by atoms with Crippen molar-refractivity contribution in [2.45, 2.75) is 193 Å². The summed E-state index contributed by atoms with van der Waals surface area (Å²) < 4.78 is 3.67. The molecular formula is C42H82GeSeSi6. The second kappa shape index (κ2) is 16.1. The number of hydrogen-bond acceptors (Lipinski definition) is 0. The molecule has 0 aliphatic rings. The molecule has 2 aromatic carbocycles. The van der Waals surface area contributed by atoms with Crippen LogP contribution < -0.4 is 8.79 Å². The molecule has 0 aromatic heterocycles. The molecule has 0 aliphatic carbocycles. The Morgan fingerprint density at radius 2 is 0.600 bits per heavy atom. The van der Waals surface area contributed by atoms with Crippen molar-refractivity contribution in [1.29, 1.82) is 0 Å². The summed E-state index contributed by atoms with van der Waals surface area (Å²) in [4.78, 5) is 0. The summed E-state index contributed by atoms with van der Waals surface area (Å²) in [6, 6.07) is 11.2. The van der Waals surface area contributed by atoms with Crippen molar-refractivity contribution in [3.05, 3.63) is 57.6 Å². The Hall–Kier alpha value is 0.804. The van der Waals surface area contributed by atoms with Gasteiger partial charge in [0.15, 0.2) is 0 Å². The molecule has 0 saturated carbocycles. The zero-order valence-corrected chi connectivity index (χ0v) is 47.5. The molecule has 8 heteroatoms. The molecule has 2 aromatic rings. The van der Waals surface area contributed by atoms with Gasteiger partial charge in [0.25, 0.3) is 0 Å². The molecule has 0 nitrogen and oxygen atoms in total. The molecule has 0 unspecified atom stereocenters. The van der Waals surface area contributed by atoms with Gasteiger partial charge in [-0.05, 0) is 0 Å². The molecule has 0 fully saturated rings. The van der Waals surface area contributed by atoms with E-state index in [1.165, 1.54) is 5.56 Å². The normalized spacial score (nSPS) is 14.4. The first-order valence-corrected chi connectivity index (χ1v) is 48.8. The first kappa shape index (κ1) is 47.0. The van der Waals surface area contributed by atoms with Crippen molar-refractivity contribution in [2.75, 3.05) is 0 Å². The van der Waals surface area contributed by atoms with E-state index in [9.17, 15) is 0 Å². The van der Waals surface area contributed by atoms with Crippen LogP contribution in [0.25, 0.3) is 0 Å². The van der Waals surface area contributed by atoms with Gasteiger partial charge in [-0.3, -0.25) is 0 Å². The quantitative estimate of drug-likeness (QED) is 0.166. The Morgan fingerprint density at radius 1 is 0.360 bits per heavy atom. The van der Waals surface area contributed by atoms with E-state index in [4.69, 9.17) is 0 Å². The van der Waals surface area contributed by atoms with Crippen molar-refractivity contribution < 1.29 is 0 Å². The van der Waals surface area contributed by atoms with E-state index in [0.29, 0.717) is 17.8 Å². The van der Waals surface area contributed by atoms with Gasteiger partial charge in [0.2, 0.25) is 0 Å². The average Bonchev–Trinajstić information content (AvgIpc) is 2.82. The first-order chi connectivity index (χ1) is 22.0. The molecule has 0 N–H and O–H groups in total. The summed E-state index contributed by atoms with van der Waals surface area (Å²) in [5, 5.41) is 2.21. The predicted molar refractivity (Wildman–Crippen MR) is 254 cm³/mol. The third kappa shape index (κ3) is 11.0. The SMILES string of the molecule is CC(C)c1cc(C(C)C)[c]([Ge](=[Se])[c]2c(C([Si](C)(C)C)[Si](C)(C)C)cc(C([Si](C)(C)C)[Si](C)(C)C)cc2C([Si](C)(C)C)[Si](C)(C)C)c(C(C)C)c1. The van der Waals surface area contributed by atoms with Crippen molar-refractivity contribution >= 4 is 82.7 Å².